The number of hydrogen-bond acceptors (Lipinski definition) is 7. The van der Waals surface area contributed by atoms with Crippen molar-refractivity contribution in [3.63, 3.8) is 0 Å². The molecule has 1 fully saturated rings. The van der Waals surface area contributed by atoms with Crippen molar-refractivity contribution < 1.29 is 22.7 Å². The minimum Gasteiger partial charge on any atom is -0.406 e. The molecule has 3 heterocycles. The predicted molar refractivity (Wildman–Crippen MR) is 166 cm³/mol. The van der Waals surface area contributed by atoms with Crippen molar-refractivity contribution in [1.29, 1.82) is 0 Å². The summed E-state index contributed by atoms with van der Waals surface area (Å²) in [6.07, 6.45) is -2.98. The lowest BCUT2D eigenvalue weighted by Gasteiger charge is -2.32. The van der Waals surface area contributed by atoms with E-state index in [4.69, 9.17) is 28.3 Å². The summed E-state index contributed by atoms with van der Waals surface area (Å²) in [6.45, 7) is 2.71. The normalized spacial score (nSPS) is 14.4. The molecule has 0 spiro atoms. The zero-order chi connectivity index (χ0) is 32.3. The Morgan fingerprint density at radius 3 is 2.22 bits per heavy atom. The van der Waals surface area contributed by atoms with E-state index in [2.05, 4.69) is 41.6 Å². The lowest BCUT2D eigenvalue weighted by atomic mass is 9.92. The summed E-state index contributed by atoms with van der Waals surface area (Å²) in [5.41, 5.74) is 4.93. The molecule has 1 aliphatic rings. The van der Waals surface area contributed by atoms with Crippen LogP contribution in [0.2, 0.25) is 10.0 Å². The monoisotopic (exact) mass is 670 g/mol. The number of alkyl halides is 3. The van der Waals surface area contributed by atoms with E-state index in [1.807, 2.05) is 28.9 Å². The number of carbonyl (C=O) groups is 1. The summed E-state index contributed by atoms with van der Waals surface area (Å²) < 4.78 is 43.5. The molecule has 0 saturated carbocycles. The molecular weight excluding hydrogens is 644 g/mol. The van der Waals surface area contributed by atoms with Gasteiger partial charge in [0.2, 0.25) is 0 Å². The Kier molecular flexibility index (Phi) is 9.24. The number of likely N-dealkylation sites (tertiary alicyclic amines) is 1. The van der Waals surface area contributed by atoms with Crippen molar-refractivity contribution in [3.8, 4) is 17.0 Å². The molecule has 46 heavy (non-hydrogen) atoms. The van der Waals surface area contributed by atoms with Crippen LogP contribution >= 0.6 is 23.2 Å². The summed E-state index contributed by atoms with van der Waals surface area (Å²) in [7, 11) is 0. The second-order valence-electron chi connectivity index (χ2n) is 10.9. The number of tetrazole rings is 1. The molecule has 0 unspecified atom stereocenters. The van der Waals surface area contributed by atoms with Gasteiger partial charge in [-0.15, -0.1) is 18.3 Å². The highest BCUT2D eigenvalue weighted by molar-refractivity contribution is 6.35. The quantitative estimate of drug-likeness (QED) is 0.174. The van der Waals surface area contributed by atoms with Gasteiger partial charge in [0.1, 0.15) is 5.75 Å². The van der Waals surface area contributed by atoms with Crippen LogP contribution in [0.4, 0.5) is 19.1 Å². The molecule has 15 heteroatoms. The highest BCUT2D eigenvalue weighted by atomic mass is 35.5. The second-order valence-corrected chi connectivity index (χ2v) is 11.8. The zero-order valence-corrected chi connectivity index (χ0v) is 25.6. The molecule has 10 nitrogen and oxygen atoms in total. The number of ether oxygens (including phenoxy) is 1. The molecule has 1 amide bonds. The number of hydrogen-bond donors (Lipinski definition) is 2. The SMILES string of the molecule is O=C(Nc1nn[nH]n1)c1ccc(Cn2nc(-c3cc(Cl)cc(Cl)c3)cc2C2CCN(Cc3ccc(OC(F)(F)F)cc3)CC2)cc1. The van der Waals surface area contributed by atoms with Gasteiger partial charge in [0, 0.05) is 39.3 Å². The molecule has 238 valence electrons. The summed E-state index contributed by atoms with van der Waals surface area (Å²) in [4.78, 5) is 14.8. The van der Waals surface area contributed by atoms with Crippen molar-refractivity contribution in [1.82, 2.24) is 35.3 Å². The second kappa shape index (κ2) is 13.5. The van der Waals surface area contributed by atoms with E-state index in [1.165, 1.54) is 12.1 Å². The van der Waals surface area contributed by atoms with Crippen molar-refractivity contribution in [2.24, 2.45) is 0 Å². The summed E-state index contributed by atoms with van der Waals surface area (Å²) in [5, 5.41) is 21.7. The van der Waals surface area contributed by atoms with E-state index in [9.17, 15) is 18.0 Å². The fraction of sp³-hybridized carbons (Fsp3) is 0.258. The van der Waals surface area contributed by atoms with Crippen LogP contribution in [-0.4, -0.2) is 60.7 Å². The van der Waals surface area contributed by atoms with Crippen LogP contribution in [0, 0.1) is 0 Å². The summed E-state index contributed by atoms with van der Waals surface area (Å²) in [5.74, 6) is -0.287. The molecule has 2 aromatic heterocycles. The van der Waals surface area contributed by atoms with E-state index < -0.39 is 6.36 Å². The van der Waals surface area contributed by atoms with Gasteiger partial charge in [-0.1, -0.05) is 52.6 Å². The molecule has 2 N–H and O–H groups in total. The van der Waals surface area contributed by atoms with Crippen LogP contribution in [0.1, 0.15) is 45.9 Å². The van der Waals surface area contributed by atoms with E-state index in [0.717, 1.165) is 54.0 Å². The first-order valence-electron chi connectivity index (χ1n) is 14.3. The van der Waals surface area contributed by atoms with Crippen molar-refractivity contribution in [3.05, 3.63) is 105 Å². The van der Waals surface area contributed by atoms with Gasteiger partial charge in [0.15, 0.2) is 0 Å². The minimum absolute atomic E-state index is 0.0865. The van der Waals surface area contributed by atoms with Gasteiger partial charge in [-0.05, 0) is 90.8 Å². The average molecular weight is 672 g/mol. The Labute approximate surface area is 271 Å². The fourth-order valence-corrected chi connectivity index (χ4v) is 6.02. The number of nitrogens with one attached hydrogen (secondary N) is 2. The maximum absolute atomic E-state index is 12.5. The van der Waals surface area contributed by atoms with Crippen LogP contribution in [0.3, 0.4) is 0 Å². The number of nitrogens with zero attached hydrogens (tertiary/aromatic N) is 6. The molecular formula is C31H27Cl2F3N8O2. The smallest absolute Gasteiger partial charge is 0.406 e. The largest absolute Gasteiger partial charge is 0.573 e. The number of halogens is 5. The van der Waals surface area contributed by atoms with Gasteiger partial charge in [-0.2, -0.15) is 10.3 Å². The lowest BCUT2D eigenvalue weighted by Crippen LogP contribution is -2.33. The number of anilines is 1. The predicted octanol–water partition coefficient (Wildman–Crippen LogP) is 6.95. The van der Waals surface area contributed by atoms with Gasteiger partial charge >= 0.3 is 6.36 Å². The number of amides is 1. The molecule has 0 aliphatic carbocycles. The summed E-state index contributed by atoms with van der Waals surface area (Å²) >= 11 is 12.6. The molecule has 3 aromatic carbocycles. The molecule has 1 saturated heterocycles. The molecule has 0 radical (unpaired) electrons. The Balaban J connectivity index is 1.16. The number of piperidine rings is 1. The third kappa shape index (κ3) is 8.03. The van der Waals surface area contributed by atoms with Crippen LogP contribution in [0.15, 0.2) is 72.8 Å². The first-order chi connectivity index (χ1) is 22.1. The number of aromatic amines is 1. The number of rotatable bonds is 9. The molecule has 6 rings (SSSR count). The van der Waals surface area contributed by atoms with E-state index in [0.29, 0.717) is 28.7 Å². The number of benzene rings is 3. The van der Waals surface area contributed by atoms with Gasteiger partial charge in [-0.25, -0.2) is 0 Å². The van der Waals surface area contributed by atoms with Gasteiger partial charge in [0.05, 0.1) is 12.2 Å². The third-order valence-electron chi connectivity index (χ3n) is 7.66. The van der Waals surface area contributed by atoms with Crippen LogP contribution in [-0.2, 0) is 13.1 Å². The van der Waals surface area contributed by atoms with Gasteiger partial charge in [0.25, 0.3) is 11.9 Å². The molecule has 5 aromatic rings. The maximum atomic E-state index is 12.5. The van der Waals surface area contributed by atoms with E-state index in [1.54, 1.807) is 30.3 Å². The van der Waals surface area contributed by atoms with E-state index >= 15 is 0 Å². The highest BCUT2D eigenvalue weighted by Gasteiger charge is 2.31. The van der Waals surface area contributed by atoms with Crippen molar-refractivity contribution in [2.45, 2.75) is 38.2 Å². The average Bonchev–Trinajstić information content (AvgIpc) is 3.68. The minimum atomic E-state index is -4.72. The standard InChI is InChI=1S/C31H27Cl2F3N8O2/c32-24-13-23(14-25(33)15-24)27-16-28(21-9-11-43(12-10-21)17-19-3-7-26(8-4-19)46-31(34,35)36)44(40-27)18-20-1-5-22(6-2-20)29(45)37-30-38-41-42-39-30/h1-8,13-16,21H,9-12,17-18H2,(H2,37,38,39,41,42,45). The lowest BCUT2D eigenvalue weighted by molar-refractivity contribution is -0.274. The third-order valence-corrected chi connectivity index (χ3v) is 8.09. The highest BCUT2D eigenvalue weighted by Crippen LogP contribution is 2.34. The van der Waals surface area contributed by atoms with E-state index in [-0.39, 0.29) is 23.5 Å². The van der Waals surface area contributed by atoms with Crippen LogP contribution in [0.25, 0.3) is 11.3 Å². The first-order valence-corrected chi connectivity index (χ1v) is 15.1. The van der Waals surface area contributed by atoms with Gasteiger partial charge in [-0.3, -0.25) is 19.7 Å². The molecule has 1 aliphatic heterocycles. The fourth-order valence-electron chi connectivity index (χ4n) is 5.49. The zero-order valence-electron chi connectivity index (χ0n) is 24.1. The molecule has 0 atom stereocenters. The Hall–Kier alpha value is -4.46. The number of H-pyrrole nitrogens is 1. The number of carbonyl (C=O) groups excluding carboxylic acids is 1. The van der Waals surface area contributed by atoms with Crippen LogP contribution in [0.5, 0.6) is 5.75 Å². The summed E-state index contributed by atoms with van der Waals surface area (Å²) in [6, 6.07) is 20.6. The Morgan fingerprint density at radius 1 is 0.935 bits per heavy atom. The van der Waals surface area contributed by atoms with Crippen molar-refractivity contribution >= 4 is 35.1 Å². The van der Waals surface area contributed by atoms with Gasteiger partial charge < -0.3 is 4.74 Å². The Morgan fingerprint density at radius 2 is 1.59 bits per heavy atom. The molecule has 0 bridgehead atoms. The maximum Gasteiger partial charge on any atom is 0.573 e. The topological polar surface area (TPSA) is 114 Å². The first kappa shape index (κ1) is 31.5. The number of aromatic nitrogens is 6. The van der Waals surface area contributed by atoms with Crippen molar-refractivity contribution in [2.75, 3.05) is 18.4 Å². The Bertz CT molecular complexity index is 1770. The van der Waals surface area contributed by atoms with Crippen LogP contribution < -0.4 is 10.1 Å².